The minimum atomic E-state index is -4.66. The minimum absolute atomic E-state index is 0.0327. The van der Waals surface area contributed by atoms with Crippen molar-refractivity contribution < 1.29 is 22.4 Å². The zero-order valence-electron chi connectivity index (χ0n) is 13.7. The van der Waals surface area contributed by atoms with Crippen LogP contribution in [0.25, 0.3) is 0 Å². The van der Waals surface area contributed by atoms with E-state index in [1.807, 2.05) is 0 Å². The summed E-state index contributed by atoms with van der Waals surface area (Å²) in [4.78, 5) is 14.4. The second-order valence-electron chi connectivity index (χ2n) is 6.67. The van der Waals surface area contributed by atoms with Crippen LogP contribution in [-0.2, 0) is 12.7 Å². The first kappa shape index (κ1) is 18.0. The van der Waals surface area contributed by atoms with Gasteiger partial charge in [0.05, 0.1) is 5.56 Å². The largest absolute Gasteiger partial charge is 0.416 e. The number of halogens is 4. The number of nitrogens with zero attached hydrogens (tertiary/aromatic N) is 1. The van der Waals surface area contributed by atoms with Gasteiger partial charge in [-0.2, -0.15) is 13.2 Å². The molecule has 2 N–H and O–H groups in total. The summed E-state index contributed by atoms with van der Waals surface area (Å²) in [6.45, 7) is 1.57. The van der Waals surface area contributed by atoms with E-state index >= 15 is 0 Å². The summed E-state index contributed by atoms with van der Waals surface area (Å²) in [5.41, 5.74) is -1.22. The highest BCUT2D eigenvalue weighted by Gasteiger charge is 2.34. The molecule has 1 aliphatic carbocycles. The van der Waals surface area contributed by atoms with E-state index in [0.717, 1.165) is 38.1 Å². The third-order valence-corrected chi connectivity index (χ3v) is 4.74. The molecule has 0 radical (unpaired) electrons. The summed E-state index contributed by atoms with van der Waals surface area (Å²) >= 11 is 0. The summed E-state index contributed by atoms with van der Waals surface area (Å²) in [6.07, 6.45) is -0.483. The molecule has 138 valence electrons. The van der Waals surface area contributed by atoms with Gasteiger partial charge in [-0.15, -0.1) is 0 Å². The highest BCUT2D eigenvalue weighted by atomic mass is 19.4. The summed E-state index contributed by atoms with van der Waals surface area (Å²) in [6, 6.07) is 2.69. The molecule has 3 rings (SSSR count). The summed E-state index contributed by atoms with van der Waals surface area (Å²) in [7, 11) is 0. The van der Waals surface area contributed by atoms with E-state index in [-0.39, 0.29) is 18.2 Å². The lowest BCUT2D eigenvalue weighted by Crippen LogP contribution is -2.48. The Morgan fingerprint density at radius 1 is 1.16 bits per heavy atom. The number of nitrogens with one attached hydrogen (secondary N) is 2. The van der Waals surface area contributed by atoms with E-state index < -0.39 is 23.6 Å². The maximum absolute atomic E-state index is 13.1. The molecule has 2 aliphatic rings. The number of carbonyl (C=O) groups excluding carboxylic acids is 1. The van der Waals surface area contributed by atoms with Crippen LogP contribution >= 0.6 is 0 Å². The Bertz CT molecular complexity index is 623. The number of carbonyl (C=O) groups is 1. The first-order chi connectivity index (χ1) is 11.8. The van der Waals surface area contributed by atoms with Crippen LogP contribution < -0.4 is 10.6 Å². The lowest BCUT2D eigenvalue weighted by atomic mass is 10.1. The van der Waals surface area contributed by atoms with Crippen LogP contribution in [0.1, 0.15) is 36.8 Å². The van der Waals surface area contributed by atoms with Crippen molar-refractivity contribution in [2.45, 2.75) is 50.5 Å². The Hall–Kier alpha value is -1.83. The first-order valence-corrected chi connectivity index (χ1v) is 8.47. The molecule has 1 saturated heterocycles. The van der Waals surface area contributed by atoms with Gasteiger partial charge < -0.3 is 15.5 Å². The van der Waals surface area contributed by atoms with Gasteiger partial charge in [-0.25, -0.2) is 9.18 Å². The molecule has 2 amide bonds. The van der Waals surface area contributed by atoms with E-state index in [1.165, 1.54) is 12.8 Å². The predicted octanol–water partition coefficient (Wildman–Crippen LogP) is 3.27. The Morgan fingerprint density at radius 2 is 1.84 bits per heavy atom. The lowest BCUT2D eigenvalue weighted by molar-refractivity contribution is -0.138. The van der Waals surface area contributed by atoms with Crippen molar-refractivity contribution >= 4 is 6.03 Å². The van der Waals surface area contributed by atoms with Crippen molar-refractivity contribution in [2.24, 2.45) is 0 Å². The van der Waals surface area contributed by atoms with Gasteiger partial charge in [0.1, 0.15) is 5.82 Å². The Labute approximate surface area is 143 Å². The standard InChI is InChI=1S/C17H21F4N3O/c18-12-2-1-11(15(9-12)17(19,20)21)10-22-16(25)23-13-5-7-24(8-6-13)14-3-4-14/h1-2,9,13-14H,3-8,10H2,(H2,22,23,25). The molecule has 8 heteroatoms. The quantitative estimate of drug-likeness (QED) is 0.811. The van der Waals surface area contributed by atoms with Crippen LogP contribution in [0, 0.1) is 5.82 Å². The molecule has 0 aromatic heterocycles. The average Bonchev–Trinajstić information content (AvgIpc) is 3.38. The van der Waals surface area contributed by atoms with E-state index in [1.54, 1.807) is 0 Å². The number of amides is 2. The second-order valence-corrected chi connectivity index (χ2v) is 6.67. The van der Waals surface area contributed by atoms with Gasteiger partial charge in [0.25, 0.3) is 0 Å². The molecule has 1 aromatic carbocycles. The van der Waals surface area contributed by atoms with Crippen molar-refractivity contribution in [3.05, 3.63) is 35.1 Å². The molecule has 0 bridgehead atoms. The van der Waals surface area contributed by atoms with Gasteiger partial charge in [-0.3, -0.25) is 0 Å². The third kappa shape index (κ3) is 4.84. The topological polar surface area (TPSA) is 44.4 Å². The first-order valence-electron chi connectivity index (χ1n) is 8.47. The molecule has 0 unspecified atom stereocenters. The fourth-order valence-electron chi connectivity index (χ4n) is 3.23. The third-order valence-electron chi connectivity index (χ3n) is 4.74. The molecule has 4 nitrogen and oxygen atoms in total. The van der Waals surface area contributed by atoms with Crippen LogP contribution in [0.5, 0.6) is 0 Å². The number of alkyl halides is 3. The number of hydrogen-bond acceptors (Lipinski definition) is 2. The molecular formula is C17H21F4N3O. The SMILES string of the molecule is O=C(NCc1ccc(F)cc1C(F)(F)F)NC1CCN(C2CC2)CC1. The van der Waals surface area contributed by atoms with E-state index in [9.17, 15) is 22.4 Å². The average molecular weight is 359 g/mol. The van der Waals surface area contributed by atoms with Gasteiger partial charge >= 0.3 is 12.2 Å². The number of piperidine rings is 1. The molecule has 1 heterocycles. The van der Waals surface area contributed by atoms with Crippen LogP contribution in [0.15, 0.2) is 18.2 Å². The maximum Gasteiger partial charge on any atom is 0.416 e. The van der Waals surface area contributed by atoms with Crippen molar-refractivity contribution in [1.29, 1.82) is 0 Å². The van der Waals surface area contributed by atoms with E-state index in [4.69, 9.17) is 0 Å². The number of urea groups is 1. The number of benzene rings is 1. The maximum atomic E-state index is 13.1. The van der Waals surface area contributed by atoms with Gasteiger partial charge in [0.2, 0.25) is 0 Å². The zero-order chi connectivity index (χ0) is 18.0. The molecule has 0 spiro atoms. The molecule has 1 aromatic rings. The Balaban J connectivity index is 1.49. The molecule has 25 heavy (non-hydrogen) atoms. The van der Waals surface area contributed by atoms with Gasteiger partial charge in [0, 0.05) is 31.7 Å². The fourth-order valence-corrected chi connectivity index (χ4v) is 3.23. The number of rotatable bonds is 4. The van der Waals surface area contributed by atoms with Gasteiger partial charge in [0.15, 0.2) is 0 Å². The minimum Gasteiger partial charge on any atom is -0.335 e. The number of hydrogen-bond donors (Lipinski definition) is 2. The monoisotopic (exact) mass is 359 g/mol. The molecule has 0 atom stereocenters. The Kier molecular flexibility index (Phi) is 5.17. The van der Waals surface area contributed by atoms with Gasteiger partial charge in [-0.1, -0.05) is 6.07 Å². The summed E-state index contributed by atoms with van der Waals surface area (Å²) in [5.74, 6) is -0.956. The summed E-state index contributed by atoms with van der Waals surface area (Å²) in [5, 5.41) is 5.24. The van der Waals surface area contributed by atoms with Crippen LogP contribution in [0.3, 0.4) is 0 Å². The lowest BCUT2D eigenvalue weighted by Gasteiger charge is -2.32. The van der Waals surface area contributed by atoms with Crippen molar-refractivity contribution in [2.75, 3.05) is 13.1 Å². The van der Waals surface area contributed by atoms with Crippen molar-refractivity contribution in [1.82, 2.24) is 15.5 Å². The smallest absolute Gasteiger partial charge is 0.335 e. The van der Waals surface area contributed by atoms with Gasteiger partial charge in [-0.05, 0) is 43.4 Å². The molecule has 1 aliphatic heterocycles. The molecule has 2 fully saturated rings. The van der Waals surface area contributed by atoms with Crippen LogP contribution in [0.2, 0.25) is 0 Å². The molecule has 1 saturated carbocycles. The molecular weight excluding hydrogens is 338 g/mol. The van der Waals surface area contributed by atoms with Crippen LogP contribution in [0.4, 0.5) is 22.4 Å². The highest BCUT2D eigenvalue weighted by Crippen LogP contribution is 2.32. The summed E-state index contributed by atoms with van der Waals surface area (Å²) < 4.78 is 51.9. The number of likely N-dealkylation sites (tertiary alicyclic amines) is 1. The van der Waals surface area contributed by atoms with E-state index in [2.05, 4.69) is 15.5 Å². The second kappa shape index (κ2) is 7.19. The van der Waals surface area contributed by atoms with E-state index in [0.29, 0.717) is 12.1 Å². The van der Waals surface area contributed by atoms with Crippen molar-refractivity contribution in [3.63, 3.8) is 0 Å². The normalized spacial score (nSPS) is 19.7. The van der Waals surface area contributed by atoms with Crippen LogP contribution in [-0.4, -0.2) is 36.1 Å². The zero-order valence-corrected chi connectivity index (χ0v) is 13.7. The Morgan fingerprint density at radius 3 is 2.44 bits per heavy atom. The van der Waals surface area contributed by atoms with Crippen molar-refractivity contribution in [3.8, 4) is 0 Å². The highest BCUT2D eigenvalue weighted by molar-refractivity contribution is 5.74. The predicted molar refractivity (Wildman–Crippen MR) is 84.4 cm³/mol. The fraction of sp³-hybridized carbons (Fsp3) is 0.588.